The van der Waals surface area contributed by atoms with E-state index in [4.69, 9.17) is 10.5 Å². The fourth-order valence-electron chi connectivity index (χ4n) is 1.57. The van der Waals surface area contributed by atoms with Gasteiger partial charge in [-0.15, -0.1) is 0 Å². The number of nitrogens with zero attached hydrogens (tertiary/aromatic N) is 1. The highest BCUT2D eigenvalue weighted by Gasteiger charge is 2.14. The molecule has 5 heteroatoms. The van der Waals surface area contributed by atoms with Crippen molar-refractivity contribution < 1.29 is 9.53 Å². The number of carbonyl (C=O) groups excluding carboxylic acids is 1. The molecule has 92 valence electrons. The van der Waals surface area contributed by atoms with Crippen molar-refractivity contribution in [2.24, 2.45) is 0 Å². The Kier molecular flexibility index (Phi) is 3.43. The van der Waals surface area contributed by atoms with Gasteiger partial charge in [0.1, 0.15) is 0 Å². The SMILES string of the molecule is COC(=O)c1cccc(N)c1Nc1cccnc1. The number of hydrogen-bond donors (Lipinski definition) is 2. The van der Waals surface area contributed by atoms with Crippen LogP contribution in [0.5, 0.6) is 0 Å². The Balaban J connectivity index is 2.40. The van der Waals surface area contributed by atoms with E-state index in [1.54, 1.807) is 36.7 Å². The number of nitrogens with two attached hydrogens (primary N) is 1. The van der Waals surface area contributed by atoms with E-state index in [2.05, 4.69) is 10.3 Å². The summed E-state index contributed by atoms with van der Waals surface area (Å²) in [6, 6.07) is 8.70. The Labute approximate surface area is 105 Å². The molecule has 1 aromatic heterocycles. The van der Waals surface area contributed by atoms with Gasteiger partial charge in [-0.05, 0) is 24.3 Å². The largest absolute Gasteiger partial charge is 0.465 e. The van der Waals surface area contributed by atoms with Crippen molar-refractivity contribution in [3.63, 3.8) is 0 Å². The molecule has 5 nitrogen and oxygen atoms in total. The number of carbonyl (C=O) groups is 1. The highest BCUT2D eigenvalue weighted by molar-refractivity contribution is 5.99. The molecule has 0 spiro atoms. The van der Waals surface area contributed by atoms with Gasteiger partial charge in [0.15, 0.2) is 0 Å². The van der Waals surface area contributed by atoms with Crippen molar-refractivity contribution in [1.29, 1.82) is 0 Å². The number of esters is 1. The van der Waals surface area contributed by atoms with Crippen LogP contribution in [0.3, 0.4) is 0 Å². The molecule has 0 amide bonds. The molecule has 0 atom stereocenters. The van der Waals surface area contributed by atoms with Crippen molar-refractivity contribution in [2.45, 2.75) is 0 Å². The minimum atomic E-state index is -0.436. The lowest BCUT2D eigenvalue weighted by molar-refractivity contribution is 0.0602. The summed E-state index contributed by atoms with van der Waals surface area (Å²) in [5.74, 6) is -0.436. The molecular formula is C13H13N3O2. The van der Waals surface area contributed by atoms with Crippen LogP contribution in [-0.2, 0) is 4.74 Å². The standard InChI is InChI=1S/C13H13N3O2/c1-18-13(17)10-5-2-6-11(14)12(10)16-9-4-3-7-15-8-9/h2-8,16H,14H2,1H3. The molecule has 0 fully saturated rings. The van der Waals surface area contributed by atoms with Gasteiger partial charge in [-0.2, -0.15) is 0 Å². The normalized spacial score (nSPS) is 9.83. The number of rotatable bonds is 3. The van der Waals surface area contributed by atoms with E-state index in [9.17, 15) is 4.79 Å². The molecular weight excluding hydrogens is 230 g/mol. The molecule has 0 unspecified atom stereocenters. The summed E-state index contributed by atoms with van der Waals surface area (Å²) in [4.78, 5) is 15.6. The first-order valence-corrected chi connectivity index (χ1v) is 5.36. The second-order valence-electron chi connectivity index (χ2n) is 3.63. The summed E-state index contributed by atoms with van der Waals surface area (Å²) >= 11 is 0. The number of nitrogens with one attached hydrogen (secondary N) is 1. The number of nitrogen functional groups attached to an aromatic ring is 1. The van der Waals surface area contributed by atoms with Crippen LogP contribution >= 0.6 is 0 Å². The molecule has 2 rings (SSSR count). The van der Waals surface area contributed by atoms with E-state index in [1.165, 1.54) is 7.11 Å². The number of hydrogen-bond acceptors (Lipinski definition) is 5. The van der Waals surface area contributed by atoms with Crippen LogP contribution in [0.2, 0.25) is 0 Å². The average molecular weight is 243 g/mol. The summed E-state index contributed by atoms with van der Waals surface area (Å²) in [5.41, 5.74) is 8.01. The maximum atomic E-state index is 11.6. The molecule has 3 N–H and O–H groups in total. The van der Waals surface area contributed by atoms with E-state index >= 15 is 0 Å². The third-order valence-electron chi connectivity index (χ3n) is 2.43. The van der Waals surface area contributed by atoms with Crippen LogP contribution in [0.15, 0.2) is 42.7 Å². The maximum Gasteiger partial charge on any atom is 0.340 e. The Morgan fingerprint density at radius 3 is 2.83 bits per heavy atom. The predicted molar refractivity (Wildman–Crippen MR) is 69.7 cm³/mol. The molecule has 0 bridgehead atoms. The van der Waals surface area contributed by atoms with Gasteiger partial charge in [0.25, 0.3) is 0 Å². The van der Waals surface area contributed by atoms with Crippen molar-refractivity contribution in [3.05, 3.63) is 48.3 Å². The smallest absolute Gasteiger partial charge is 0.340 e. The second-order valence-corrected chi connectivity index (χ2v) is 3.63. The highest BCUT2D eigenvalue weighted by Crippen LogP contribution is 2.27. The summed E-state index contributed by atoms with van der Waals surface area (Å²) in [7, 11) is 1.33. The van der Waals surface area contributed by atoms with Crippen LogP contribution in [0, 0.1) is 0 Å². The first-order chi connectivity index (χ1) is 8.72. The molecule has 18 heavy (non-hydrogen) atoms. The van der Waals surface area contributed by atoms with E-state index in [0.717, 1.165) is 5.69 Å². The number of para-hydroxylation sites is 1. The zero-order chi connectivity index (χ0) is 13.0. The number of anilines is 3. The average Bonchev–Trinajstić information content (AvgIpc) is 2.41. The maximum absolute atomic E-state index is 11.6. The fourth-order valence-corrected chi connectivity index (χ4v) is 1.57. The minimum Gasteiger partial charge on any atom is -0.465 e. The first kappa shape index (κ1) is 11.9. The lowest BCUT2D eigenvalue weighted by Gasteiger charge is -2.12. The fraction of sp³-hybridized carbons (Fsp3) is 0.0769. The van der Waals surface area contributed by atoms with Crippen LogP contribution in [0.4, 0.5) is 17.1 Å². The van der Waals surface area contributed by atoms with Crippen LogP contribution in [-0.4, -0.2) is 18.1 Å². The van der Waals surface area contributed by atoms with E-state index in [1.807, 2.05) is 6.07 Å². The number of aromatic nitrogens is 1. The second kappa shape index (κ2) is 5.18. The number of methoxy groups -OCH3 is 1. The zero-order valence-corrected chi connectivity index (χ0v) is 9.88. The molecule has 0 radical (unpaired) electrons. The zero-order valence-electron chi connectivity index (χ0n) is 9.88. The number of pyridine rings is 1. The lowest BCUT2D eigenvalue weighted by Crippen LogP contribution is -2.07. The van der Waals surface area contributed by atoms with Gasteiger partial charge in [0.05, 0.1) is 35.9 Å². The molecule has 0 saturated carbocycles. The van der Waals surface area contributed by atoms with Crippen LogP contribution < -0.4 is 11.1 Å². The molecule has 0 aliphatic heterocycles. The minimum absolute atomic E-state index is 0.390. The topological polar surface area (TPSA) is 77.2 Å². The Bertz CT molecular complexity index is 555. The highest BCUT2D eigenvalue weighted by atomic mass is 16.5. The molecule has 1 heterocycles. The lowest BCUT2D eigenvalue weighted by atomic mass is 10.1. The van der Waals surface area contributed by atoms with Gasteiger partial charge in [-0.3, -0.25) is 4.98 Å². The number of ether oxygens (including phenoxy) is 1. The summed E-state index contributed by atoms with van der Waals surface area (Å²) < 4.78 is 4.72. The van der Waals surface area contributed by atoms with E-state index in [-0.39, 0.29) is 0 Å². The van der Waals surface area contributed by atoms with Gasteiger partial charge in [-0.25, -0.2) is 4.79 Å². The molecule has 2 aromatic rings. The van der Waals surface area contributed by atoms with Crippen LogP contribution in [0.25, 0.3) is 0 Å². The monoisotopic (exact) mass is 243 g/mol. The third-order valence-corrected chi connectivity index (χ3v) is 2.43. The van der Waals surface area contributed by atoms with Crippen molar-refractivity contribution >= 4 is 23.0 Å². The van der Waals surface area contributed by atoms with Gasteiger partial charge < -0.3 is 15.8 Å². The van der Waals surface area contributed by atoms with E-state index in [0.29, 0.717) is 16.9 Å². The van der Waals surface area contributed by atoms with Gasteiger partial charge in [0.2, 0.25) is 0 Å². The predicted octanol–water partition coefficient (Wildman–Crippen LogP) is 2.19. The number of benzene rings is 1. The first-order valence-electron chi connectivity index (χ1n) is 5.36. The van der Waals surface area contributed by atoms with E-state index < -0.39 is 5.97 Å². The Hall–Kier alpha value is -2.56. The van der Waals surface area contributed by atoms with Crippen molar-refractivity contribution in [1.82, 2.24) is 4.98 Å². The summed E-state index contributed by atoms with van der Waals surface area (Å²) in [6.07, 6.45) is 3.31. The third kappa shape index (κ3) is 2.40. The summed E-state index contributed by atoms with van der Waals surface area (Å²) in [6.45, 7) is 0. The Morgan fingerprint density at radius 1 is 1.33 bits per heavy atom. The van der Waals surface area contributed by atoms with Crippen molar-refractivity contribution in [2.75, 3.05) is 18.2 Å². The summed E-state index contributed by atoms with van der Waals surface area (Å²) in [5, 5.41) is 3.07. The quantitative estimate of drug-likeness (QED) is 0.638. The molecule has 0 aliphatic carbocycles. The molecule has 0 saturated heterocycles. The molecule has 0 aliphatic rings. The van der Waals surface area contributed by atoms with Crippen molar-refractivity contribution in [3.8, 4) is 0 Å². The molecule has 1 aromatic carbocycles. The van der Waals surface area contributed by atoms with Gasteiger partial charge in [0, 0.05) is 6.20 Å². The van der Waals surface area contributed by atoms with Gasteiger partial charge >= 0.3 is 5.97 Å². The Morgan fingerprint density at radius 2 is 2.17 bits per heavy atom. The van der Waals surface area contributed by atoms with Gasteiger partial charge in [-0.1, -0.05) is 6.07 Å². The van der Waals surface area contributed by atoms with Crippen LogP contribution in [0.1, 0.15) is 10.4 Å².